The molecule has 3 amide bonds. The number of nitrogens with zero attached hydrogens (tertiary/aromatic N) is 4. The summed E-state index contributed by atoms with van der Waals surface area (Å²) in [4.78, 5) is 34.6. The Kier molecular flexibility index (Phi) is 6.82. The molecule has 4 fully saturated rings. The molecular weight excluding hydrogens is 473 g/mol. The van der Waals surface area contributed by atoms with E-state index >= 15 is 0 Å². The Labute approximate surface area is 209 Å². The molecule has 1 spiro atoms. The van der Waals surface area contributed by atoms with Gasteiger partial charge in [0.1, 0.15) is 0 Å². The third-order valence-corrected chi connectivity index (χ3v) is 8.61. The molecule has 198 valence electrons. The highest BCUT2D eigenvalue weighted by atomic mass is 19.4. The summed E-state index contributed by atoms with van der Waals surface area (Å²) in [5.41, 5.74) is -0.439. The van der Waals surface area contributed by atoms with Crippen molar-refractivity contribution in [2.75, 3.05) is 50.7 Å². The molecule has 1 saturated carbocycles. The summed E-state index contributed by atoms with van der Waals surface area (Å²) in [5, 5.41) is 9.82. The van der Waals surface area contributed by atoms with E-state index in [-0.39, 0.29) is 24.1 Å². The van der Waals surface area contributed by atoms with Gasteiger partial charge in [0.15, 0.2) is 0 Å². The lowest BCUT2D eigenvalue weighted by Crippen LogP contribution is -2.57. The highest BCUT2D eigenvalue weighted by molar-refractivity contribution is 5.86. The average molecular weight is 509 g/mol. The van der Waals surface area contributed by atoms with E-state index in [1.54, 1.807) is 4.90 Å². The van der Waals surface area contributed by atoms with Crippen molar-refractivity contribution in [2.45, 2.75) is 63.3 Å². The van der Waals surface area contributed by atoms with Crippen molar-refractivity contribution in [1.29, 1.82) is 0 Å². The molecule has 0 radical (unpaired) electrons. The van der Waals surface area contributed by atoms with E-state index in [9.17, 15) is 27.9 Å². The van der Waals surface area contributed by atoms with Crippen molar-refractivity contribution in [3.05, 3.63) is 29.8 Å². The first kappa shape index (κ1) is 25.2. The first-order valence-corrected chi connectivity index (χ1v) is 13.1. The van der Waals surface area contributed by atoms with Crippen molar-refractivity contribution < 1.29 is 27.9 Å². The number of aliphatic hydroxyl groups is 1. The second-order valence-electron chi connectivity index (χ2n) is 10.8. The molecule has 1 N–H and O–H groups in total. The monoisotopic (exact) mass is 508 g/mol. The van der Waals surface area contributed by atoms with E-state index in [1.807, 2.05) is 14.7 Å². The number of piperazine rings is 1. The molecule has 36 heavy (non-hydrogen) atoms. The zero-order chi connectivity index (χ0) is 25.5. The standard InChI is InChI=1S/C26H35F3N4O3/c27-26(28,29)19-2-4-20(5-3-19)30-14-16-31(17-15-30)24(36)32-12-1-10-25(18-32)11-13-33(23(25)35)21-6-8-22(34)9-7-21/h2-5,21-22,34H,1,6-18H2. The molecule has 1 aromatic rings. The maximum absolute atomic E-state index is 13.5. The van der Waals surface area contributed by atoms with Crippen LogP contribution in [-0.2, 0) is 11.0 Å². The summed E-state index contributed by atoms with van der Waals surface area (Å²) in [6, 6.07) is 5.31. The molecule has 0 bridgehead atoms. The highest BCUT2D eigenvalue weighted by Gasteiger charge is 2.51. The summed E-state index contributed by atoms with van der Waals surface area (Å²) < 4.78 is 38.5. The summed E-state index contributed by atoms with van der Waals surface area (Å²) in [6.07, 6.45) is 0.945. The number of anilines is 1. The number of amides is 3. The average Bonchev–Trinajstić information content (AvgIpc) is 3.18. The van der Waals surface area contributed by atoms with Gasteiger partial charge >= 0.3 is 12.2 Å². The number of urea groups is 1. The Morgan fingerprint density at radius 2 is 1.56 bits per heavy atom. The van der Waals surface area contributed by atoms with Gasteiger partial charge in [-0.05, 0) is 69.2 Å². The maximum Gasteiger partial charge on any atom is 0.416 e. The third-order valence-electron chi connectivity index (χ3n) is 8.61. The van der Waals surface area contributed by atoms with E-state index in [2.05, 4.69) is 0 Å². The minimum Gasteiger partial charge on any atom is -0.393 e. The Balaban J connectivity index is 1.17. The van der Waals surface area contributed by atoms with E-state index in [4.69, 9.17) is 0 Å². The van der Waals surface area contributed by atoms with Crippen LogP contribution in [0.15, 0.2) is 24.3 Å². The Morgan fingerprint density at radius 1 is 0.889 bits per heavy atom. The quantitative estimate of drug-likeness (QED) is 0.664. The fourth-order valence-corrected chi connectivity index (χ4v) is 6.46. The number of halogens is 3. The number of piperidine rings is 1. The molecule has 0 aromatic heterocycles. The molecule has 4 aliphatic rings. The van der Waals surface area contributed by atoms with Crippen molar-refractivity contribution in [1.82, 2.24) is 14.7 Å². The van der Waals surface area contributed by atoms with Crippen LogP contribution in [0.1, 0.15) is 50.5 Å². The number of carbonyl (C=O) groups excluding carboxylic acids is 2. The third kappa shape index (κ3) is 4.88. The van der Waals surface area contributed by atoms with E-state index < -0.39 is 17.2 Å². The van der Waals surface area contributed by atoms with Crippen LogP contribution in [0.2, 0.25) is 0 Å². The van der Waals surface area contributed by atoms with Crippen LogP contribution >= 0.6 is 0 Å². The molecule has 5 rings (SSSR count). The smallest absolute Gasteiger partial charge is 0.393 e. The van der Waals surface area contributed by atoms with Gasteiger partial charge in [-0.15, -0.1) is 0 Å². The molecule has 10 heteroatoms. The minimum atomic E-state index is -4.36. The van der Waals surface area contributed by atoms with Crippen LogP contribution in [-0.4, -0.2) is 89.7 Å². The molecule has 1 aliphatic carbocycles. The molecule has 3 aliphatic heterocycles. The second kappa shape index (κ2) is 9.76. The topological polar surface area (TPSA) is 67.3 Å². The first-order chi connectivity index (χ1) is 17.2. The van der Waals surface area contributed by atoms with Crippen molar-refractivity contribution in [2.24, 2.45) is 5.41 Å². The van der Waals surface area contributed by atoms with Gasteiger partial charge in [-0.1, -0.05) is 0 Å². The van der Waals surface area contributed by atoms with E-state index in [1.165, 1.54) is 12.1 Å². The minimum absolute atomic E-state index is 0.0480. The lowest BCUT2D eigenvalue weighted by molar-refractivity contribution is -0.141. The number of hydrogen-bond donors (Lipinski definition) is 1. The molecule has 3 heterocycles. The van der Waals surface area contributed by atoms with Gasteiger partial charge in [0.2, 0.25) is 5.91 Å². The van der Waals surface area contributed by atoms with Gasteiger partial charge in [0.25, 0.3) is 0 Å². The van der Waals surface area contributed by atoms with Crippen molar-refractivity contribution in [3.8, 4) is 0 Å². The number of rotatable bonds is 2. The molecule has 3 saturated heterocycles. The predicted octanol–water partition coefficient (Wildman–Crippen LogP) is 3.57. The summed E-state index contributed by atoms with van der Waals surface area (Å²) in [6.45, 7) is 3.92. The van der Waals surface area contributed by atoms with Gasteiger partial charge in [0.05, 0.1) is 17.1 Å². The number of aliphatic hydroxyl groups excluding tert-OH is 1. The van der Waals surface area contributed by atoms with E-state index in [0.29, 0.717) is 39.3 Å². The van der Waals surface area contributed by atoms with Gasteiger partial charge < -0.3 is 24.7 Å². The Hall–Kier alpha value is -2.49. The number of hydrogen-bond acceptors (Lipinski definition) is 4. The number of likely N-dealkylation sites (tertiary alicyclic amines) is 2. The second-order valence-corrected chi connectivity index (χ2v) is 10.8. The maximum atomic E-state index is 13.5. The molecule has 1 aromatic carbocycles. The fourth-order valence-electron chi connectivity index (χ4n) is 6.46. The first-order valence-electron chi connectivity index (χ1n) is 13.1. The van der Waals surface area contributed by atoms with Crippen LogP contribution in [0.3, 0.4) is 0 Å². The number of carbonyl (C=O) groups is 2. The van der Waals surface area contributed by atoms with Crippen LogP contribution < -0.4 is 4.90 Å². The number of benzene rings is 1. The summed E-state index contributed by atoms with van der Waals surface area (Å²) >= 11 is 0. The highest BCUT2D eigenvalue weighted by Crippen LogP contribution is 2.42. The molecule has 1 atom stereocenters. The lowest BCUT2D eigenvalue weighted by Gasteiger charge is -2.43. The zero-order valence-electron chi connectivity index (χ0n) is 20.6. The lowest BCUT2D eigenvalue weighted by atomic mass is 9.78. The summed E-state index contributed by atoms with van der Waals surface area (Å²) in [5.74, 6) is 0.175. The molecule has 7 nitrogen and oxygen atoms in total. The van der Waals surface area contributed by atoms with E-state index in [0.717, 1.165) is 69.3 Å². The molecule has 1 unspecified atom stereocenters. The van der Waals surface area contributed by atoms with Crippen molar-refractivity contribution in [3.63, 3.8) is 0 Å². The van der Waals surface area contributed by atoms with Crippen LogP contribution in [0.4, 0.5) is 23.7 Å². The van der Waals surface area contributed by atoms with Crippen LogP contribution in [0.25, 0.3) is 0 Å². The van der Waals surface area contributed by atoms with Crippen LogP contribution in [0, 0.1) is 5.41 Å². The largest absolute Gasteiger partial charge is 0.416 e. The van der Waals surface area contributed by atoms with Gasteiger partial charge in [-0.25, -0.2) is 4.79 Å². The van der Waals surface area contributed by atoms with Crippen molar-refractivity contribution >= 4 is 17.6 Å². The Bertz CT molecular complexity index is 956. The fraction of sp³-hybridized carbons (Fsp3) is 0.692. The van der Waals surface area contributed by atoms with Gasteiger partial charge in [-0.3, -0.25) is 4.79 Å². The van der Waals surface area contributed by atoms with Crippen LogP contribution in [0.5, 0.6) is 0 Å². The number of alkyl halides is 3. The summed E-state index contributed by atoms with van der Waals surface area (Å²) in [7, 11) is 0. The van der Waals surface area contributed by atoms with Gasteiger partial charge in [-0.2, -0.15) is 13.2 Å². The van der Waals surface area contributed by atoms with Gasteiger partial charge in [0, 0.05) is 57.5 Å². The normalized spacial score (nSPS) is 29.8. The predicted molar refractivity (Wildman–Crippen MR) is 128 cm³/mol. The molecular formula is C26H35F3N4O3. The SMILES string of the molecule is O=C(N1CCN(c2ccc(C(F)(F)F)cc2)CC1)N1CCCC2(CCN(C3CCC(O)CC3)C2=O)C1. The Morgan fingerprint density at radius 3 is 2.19 bits per heavy atom. The zero-order valence-corrected chi connectivity index (χ0v) is 20.6.